The average Bonchev–Trinajstić information content (AvgIpc) is 2.60. The third-order valence-corrected chi connectivity index (χ3v) is 4.01. The number of rotatable bonds is 5. The summed E-state index contributed by atoms with van der Waals surface area (Å²) in [4.78, 5) is 14.7. The topological polar surface area (TPSA) is 32.3 Å². The van der Waals surface area contributed by atoms with Gasteiger partial charge in [0, 0.05) is 18.7 Å². The second-order valence-corrected chi connectivity index (χ2v) is 6.26. The molecule has 0 bridgehead atoms. The molecule has 1 N–H and O–H groups in total. The van der Waals surface area contributed by atoms with Gasteiger partial charge in [0.2, 0.25) is 0 Å². The van der Waals surface area contributed by atoms with Gasteiger partial charge in [-0.2, -0.15) is 0 Å². The van der Waals surface area contributed by atoms with Crippen LogP contribution in [0, 0.1) is 0 Å². The largest absolute Gasteiger partial charge is 0.348 e. The monoisotopic (exact) mass is 318 g/mol. The summed E-state index contributed by atoms with van der Waals surface area (Å²) in [6.07, 6.45) is 0. The van der Waals surface area contributed by atoms with E-state index < -0.39 is 0 Å². The number of hydrogen-bond donors (Lipinski definition) is 1. The molecule has 0 atom stereocenters. The van der Waals surface area contributed by atoms with E-state index in [-0.39, 0.29) is 5.91 Å². The smallest absolute Gasteiger partial charge is 0.252 e. The number of hydrogen-bond acceptors (Lipinski definition) is 2. The van der Waals surface area contributed by atoms with Crippen molar-refractivity contribution in [2.45, 2.75) is 13.1 Å². The summed E-state index contributed by atoms with van der Waals surface area (Å²) in [5, 5.41) is 5.08. The molecular weight excluding hydrogens is 296 g/mol. The lowest BCUT2D eigenvalue weighted by Crippen LogP contribution is -2.23. The Bertz CT molecular complexity index is 833. The Balaban J connectivity index is 1.69. The summed E-state index contributed by atoms with van der Waals surface area (Å²) in [6.45, 7) is 1.45. The van der Waals surface area contributed by atoms with Gasteiger partial charge < -0.3 is 10.2 Å². The van der Waals surface area contributed by atoms with Gasteiger partial charge in [0.1, 0.15) is 0 Å². The third-order valence-electron chi connectivity index (χ3n) is 4.01. The van der Waals surface area contributed by atoms with Crippen LogP contribution in [0.4, 0.5) is 0 Å². The summed E-state index contributed by atoms with van der Waals surface area (Å²) >= 11 is 0. The highest BCUT2D eigenvalue weighted by molar-refractivity contribution is 6.06. The second kappa shape index (κ2) is 7.28. The van der Waals surface area contributed by atoms with Crippen LogP contribution in [-0.2, 0) is 13.1 Å². The Hall–Kier alpha value is -2.65. The first-order chi connectivity index (χ1) is 11.6. The number of carbonyl (C=O) groups is 1. The van der Waals surface area contributed by atoms with E-state index in [9.17, 15) is 4.79 Å². The van der Waals surface area contributed by atoms with Crippen molar-refractivity contribution in [1.82, 2.24) is 10.2 Å². The van der Waals surface area contributed by atoms with Crippen molar-refractivity contribution in [3.63, 3.8) is 0 Å². The fourth-order valence-electron chi connectivity index (χ4n) is 2.83. The second-order valence-electron chi connectivity index (χ2n) is 6.26. The molecule has 0 saturated heterocycles. The molecule has 1 amide bonds. The van der Waals surface area contributed by atoms with Gasteiger partial charge in [-0.25, -0.2) is 0 Å². The highest BCUT2D eigenvalue weighted by atomic mass is 16.1. The van der Waals surface area contributed by atoms with Crippen molar-refractivity contribution in [3.8, 4) is 0 Å². The molecule has 122 valence electrons. The van der Waals surface area contributed by atoms with E-state index in [1.165, 1.54) is 5.56 Å². The SMILES string of the molecule is CN(C)Cc1ccc(CNC(=O)c2cccc3ccccc23)cc1. The van der Waals surface area contributed by atoms with Crippen molar-refractivity contribution < 1.29 is 4.79 Å². The molecule has 0 unspecified atom stereocenters. The van der Waals surface area contributed by atoms with E-state index in [1.807, 2.05) is 42.5 Å². The predicted molar refractivity (Wildman–Crippen MR) is 99.0 cm³/mol. The highest BCUT2D eigenvalue weighted by Crippen LogP contribution is 2.18. The van der Waals surface area contributed by atoms with Gasteiger partial charge in [0.05, 0.1) is 0 Å². The normalized spacial score (nSPS) is 11.0. The molecule has 0 spiro atoms. The zero-order chi connectivity index (χ0) is 16.9. The molecule has 0 aliphatic carbocycles. The van der Waals surface area contributed by atoms with E-state index in [0.29, 0.717) is 6.54 Å². The quantitative estimate of drug-likeness (QED) is 0.775. The zero-order valence-electron chi connectivity index (χ0n) is 14.1. The minimum absolute atomic E-state index is 0.0378. The lowest BCUT2D eigenvalue weighted by Gasteiger charge is -2.11. The standard InChI is InChI=1S/C21H22N2O/c1-23(2)15-17-12-10-16(11-13-17)14-22-21(24)20-9-5-7-18-6-3-4-8-19(18)20/h3-13H,14-15H2,1-2H3,(H,22,24). The molecule has 0 fully saturated rings. The van der Waals surface area contributed by atoms with Gasteiger partial charge in [-0.3, -0.25) is 4.79 Å². The highest BCUT2D eigenvalue weighted by Gasteiger charge is 2.09. The zero-order valence-corrected chi connectivity index (χ0v) is 14.1. The minimum Gasteiger partial charge on any atom is -0.348 e. The summed E-state index contributed by atoms with van der Waals surface area (Å²) in [5.74, 6) is -0.0378. The molecule has 3 nitrogen and oxygen atoms in total. The van der Waals surface area contributed by atoms with E-state index >= 15 is 0 Å². The summed E-state index contributed by atoms with van der Waals surface area (Å²) in [5.41, 5.74) is 3.09. The van der Waals surface area contributed by atoms with Crippen LogP contribution in [0.25, 0.3) is 10.8 Å². The lowest BCUT2D eigenvalue weighted by atomic mass is 10.0. The van der Waals surface area contributed by atoms with E-state index in [0.717, 1.165) is 28.4 Å². The molecular formula is C21H22N2O. The molecule has 0 aromatic heterocycles. The molecule has 0 saturated carbocycles. The summed E-state index contributed by atoms with van der Waals surface area (Å²) in [6, 6.07) is 22.1. The maximum atomic E-state index is 12.5. The number of nitrogens with one attached hydrogen (secondary N) is 1. The van der Waals surface area contributed by atoms with Crippen LogP contribution in [0.5, 0.6) is 0 Å². The molecule has 0 heterocycles. The van der Waals surface area contributed by atoms with Gasteiger partial charge in [-0.1, -0.05) is 60.7 Å². The maximum absolute atomic E-state index is 12.5. The van der Waals surface area contributed by atoms with Crippen LogP contribution < -0.4 is 5.32 Å². The van der Waals surface area contributed by atoms with Crippen molar-refractivity contribution in [1.29, 1.82) is 0 Å². The van der Waals surface area contributed by atoms with Gasteiger partial charge in [0.15, 0.2) is 0 Å². The molecule has 0 aliphatic rings. The van der Waals surface area contributed by atoms with Crippen LogP contribution in [-0.4, -0.2) is 24.9 Å². The molecule has 3 heteroatoms. The summed E-state index contributed by atoms with van der Waals surface area (Å²) < 4.78 is 0. The molecule has 0 radical (unpaired) electrons. The predicted octanol–water partition coefficient (Wildman–Crippen LogP) is 3.83. The van der Waals surface area contributed by atoms with E-state index in [2.05, 4.69) is 48.6 Å². The van der Waals surface area contributed by atoms with Crippen molar-refractivity contribution in [3.05, 3.63) is 83.4 Å². The van der Waals surface area contributed by atoms with E-state index in [1.54, 1.807) is 0 Å². The van der Waals surface area contributed by atoms with Gasteiger partial charge in [0.25, 0.3) is 5.91 Å². The Kier molecular flexibility index (Phi) is 4.92. The lowest BCUT2D eigenvalue weighted by molar-refractivity contribution is 0.0952. The van der Waals surface area contributed by atoms with E-state index in [4.69, 9.17) is 0 Å². The molecule has 3 rings (SSSR count). The van der Waals surface area contributed by atoms with Gasteiger partial charge in [-0.05, 0) is 42.1 Å². The maximum Gasteiger partial charge on any atom is 0.252 e. The number of nitrogens with zero attached hydrogens (tertiary/aromatic N) is 1. The Morgan fingerprint density at radius 1 is 0.875 bits per heavy atom. The number of amides is 1. The fraction of sp³-hybridized carbons (Fsp3) is 0.190. The van der Waals surface area contributed by atoms with Crippen molar-refractivity contribution in [2.24, 2.45) is 0 Å². The third kappa shape index (κ3) is 3.81. The number of benzene rings is 3. The van der Waals surface area contributed by atoms with Gasteiger partial charge >= 0.3 is 0 Å². The summed E-state index contributed by atoms with van der Waals surface area (Å²) in [7, 11) is 4.11. The van der Waals surface area contributed by atoms with Crippen LogP contribution in [0.3, 0.4) is 0 Å². The van der Waals surface area contributed by atoms with Crippen molar-refractivity contribution in [2.75, 3.05) is 14.1 Å². The average molecular weight is 318 g/mol. The van der Waals surface area contributed by atoms with Crippen molar-refractivity contribution >= 4 is 16.7 Å². The Labute approximate surface area is 142 Å². The first-order valence-electron chi connectivity index (χ1n) is 8.12. The van der Waals surface area contributed by atoms with Crippen LogP contribution in [0.15, 0.2) is 66.7 Å². The molecule has 3 aromatic rings. The number of carbonyl (C=O) groups excluding carboxylic acids is 1. The minimum atomic E-state index is -0.0378. The fourth-order valence-corrected chi connectivity index (χ4v) is 2.83. The van der Waals surface area contributed by atoms with Crippen LogP contribution >= 0.6 is 0 Å². The van der Waals surface area contributed by atoms with Gasteiger partial charge in [-0.15, -0.1) is 0 Å². The first-order valence-corrected chi connectivity index (χ1v) is 8.12. The molecule has 3 aromatic carbocycles. The van der Waals surface area contributed by atoms with Crippen LogP contribution in [0.1, 0.15) is 21.5 Å². The Morgan fingerprint density at radius 3 is 2.29 bits per heavy atom. The molecule has 24 heavy (non-hydrogen) atoms. The first kappa shape index (κ1) is 16.2. The van der Waals surface area contributed by atoms with Crippen LogP contribution in [0.2, 0.25) is 0 Å². The Morgan fingerprint density at radius 2 is 1.54 bits per heavy atom. The number of fused-ring (bicyclic) bond motifs is 1. The molecule has 0 aliphatic heterocycles.